The molecule has 4 unspecified atom stereocenters. The summed E-state index contributed by atoms with van der Waals surface area (Å²) in [7, 11) is 0. The summed E-state index contributed by atoms with van der Waals surface area (Å²) in [6.07, 6.45) is 8.14. The number of rotatable bonds is 2. The standard InChI is InChI=1S/C14H27NO/c1-10-6-13(9-14(2,3)8-10)16-12-5-4-11(15)7-12/h10-13H,4-9,15H2,1-3H3. The predicted octanol–water partition coefficient (Wildman–Crippen LogP) is 3.10. The van der Waals surface area contributed by atoms with E-state index in [4.69, 9.17) is 10.5 Å². The van der Waals surface area contributed by atoms with Crippen molar-refractivity contribution in [2.45, 2.75) is 77.5 Å². The van der Waals surface area contributed by atoms with Crippen LogP contribution in [0.3, 0.4) is 0 Å². The van der Waals surface area contributed by atoms with Crippen molar-refractivity contribution in [3.05, 3.63) is 0 Å². The van der Waals surface area contributed by atoms with Gasteiger partial charge < -0.3 is 10.5 Å². The molecule has 0 bridgehead atoms. The van der Waals surface area contributed by atoms with Crippen LogP contribution >= 0.6 is 0 Å². The highest BCUT2D eigenvalue weighted by molar-refractivity contribution is 4.86. The molecule has 94 valence electrons. The monoisotopic (exact) mass is 225 g/mol. The van der Waals surface area contributed by atoms with Crippen molar-refractivity contribution < 1.29 is 4.74 Å². The van der Waals surface area contributed by atoms with Crippen LogP contribution in [0.5, 0.6) is 0 Å². The lowest BCUT2D eigenvalue weighted by atomic mass is 9.71. The fourth-order valence-electron chi connectivity index (χ4n) is 3.73. The van der Waals surface area contributed by atoms with Crippen LogP contribution < -0.4 is 5.73 Å². The maximum absolute atomic E-state index is 6.25. The van der Waals surface area contributed by atoms with Gasteiger partial charge in [0.2, 0.25) is 0 Å². The first kappa shape index (κ1) is 12.4. The molecule has 16 heavy (non-hydrogen) atoms. The second-order valence-corrected chi connectivity index (χ2v) is 6.87. The van der Waals surface area contributed by atoms with Gasteiger partial charge in [0.1, 0.15) is 0 Å². The van der Waals surface area contributed by atoms with Crippen molar-refractivity contribution in [2.75, 3.05) is 0 Å². The van der Waals surface area contributed by atoms with Crippen molar-refractivity contribution in [1.29, 1.82) is 0 Å². The van der Waals surface area contributed by atoms with E-state index in [0.29, 0.717) is 23.7 Å². The van der Waals surface area contributed by atoms with Crippen LogP contribution in [0.2, 0.25) is 0 Å². The minimum Gasteiger partial charge on any atom is -0.375 e. The van der Waals surface area contributed by atoms with Gasteiger partial charge in [0, 0.05) is 6.04 Å². The van der Waals surface area contributed by atoms with Crippen LogP contribution in [0.15, 0.2) is 0 Å². The van der Waals surface area contributed by atoms with Gasteiger partial charge in [0.05, 0.1) is 12.2 Å². The molecule has 0 heterocycles. The fourth-order valence-corrected chi connectivity index (χ4v) is 3.73. The lowest BCUT2D eigenvalue weighted by Gasteiger charge is -2.39. The van der Waals surface area contributed by atoms with E-state index in [-0.39, 0.29) is 0 Å². The second-order valence-electron chi connectivity index (χ2n) is 6.87. The maximum atomic E-state index is 6.25. The average molecular weight is 225 g/mol. The third-order valence-corrected chi connectivity index (χ3v) is 4.16. The highest BCUT2D eigenvalue weighted by Crippen LogP contribution is 2.40. The van der Waals surface area contributed by atoms with E-state index in [0.717, 1.165) is 18.8 Å². The molecule has 2 saturated carbocycles. The Kier molecular flexibility index (Phi) is 3.60. The minimum absolute atomic E-state index is 0.388. The van der Waals surface area contributed by atoms with Gasteiger partial charge >= 0.3 is 0 Å². The van der Waals surface area contributed by atoms with E-state index in [1.165, 1.54) is 25.7 Å². The largest absolute Gasteiger partial charge is 0.375 e. The second kappa shape index (κ2) is 4.66. The van der Waals surface area contributed by atoms with Gasteiger partial charge in [0.25, 0.3) is 0 Å². The normalized spacial score (nSPS) is 43.5. The smallest absolute Gasteiger partial charge is 0.0594 e. The Morgan fingerprint density at radius 2 is 1.81 bits per heavy atom. The molecular weight excluding hydrogens is 198 g/mol. The van der Waals surface area contributed by atoms with Crippen molar-refractivity contribution >= 4 is 0 Å². The van der Waals surface area contributed by atoms with Crippen LogP contribution in [0.4, 0.5) is 0 Å². The molecule has 0 spiro atoms. The molecule has 2 nitrogen and oxygen atoms in total. The van der Waals surface area contributed by atoms with E-state index >= 15 is 0 Å². The molecule has 0 radical (unpaired) electrons. The lowest BCUT2D eigenvalue weighted by Crippen LogP contribution is -2.34. The Morgan fingerprint density at radius 3 is 2.38 bits per heavy atom. The molecule has 2 heteroatoms. The Bertz CT molecular complexity index is 239. The van der Waals surface area contributed by atoms with Crippen molar-refractivity contribution in [2.24, 2.45) is 17.1 Å². The molecule has 2 aliphatic rings. The Labute approximate surface area is 99.9 Å². The average Bonchev–Trinajstić information content (AvgIpc) is 2.46. The molecule has 2 N–H and O–H groups in total. The summed E-state index contributed by atoms with van der Waals surface area (Å²) < 4.78 is 6.25. The van der Waals surface area contributed by atoms with Gasteiger partial charge in [-0.05, 0) is 49.9 Å². The molecule has 0 aromatic carbocycles. The van der Waals surface area contributed by atoms with Crippen molar-refractivity contribution in [1.82, 2.24) is 0 Å². The van der Waals surface area contributed by atoms with Crippen molar-refractivity contribution in [3.63, 3.8) is 0 Å². The van der Waals surface area contributed by atoms with Crippen LogP contribution in [0.1, 0.15) is 59.3 Å². The zero-order chi connectivity index (χ0) is 11.8. The van der Waals surface area contributed by atoms with E-state index in [2.05, 4.69) is 20.8 Å². The zero-order valence-corrected chi connectivity index (χ0v) is 11.0. The van der Waals surface area contributed by atoms with Gasteiger partial charge in [-0.15, -0.1) is 0 Å². The summed E-state index contributed by atoms with van der Waals surface area (Å²) in [5, 5.41) is 0. The van der Waals surface area contributed by atoms with Gasteiger partial charge in [0.15, 0.2) is 0 Å². The summed E-state index contributed by atoms with van der Waals surface area (Å²) in [5.41, 5.74) is 6.39. The zero-order valence-electron chi connectivity index (χ0n) is 11.0. The van der Waals surface area contributed by atoms with Gasteiger partial charge in [-0.25, -0.2) is 0 Å². The van der Waals surface area contributed by atoms with Crippen LogP contribution in [0.25, 0.3) is 0 Å². The molecule has 2 aliphatic carbocycles. The predicted molar refractivity (Wildman–Crippen MR) is 67.3 cm³/mol. The summed E-state index contributed by atoms with van der Waals surface area (Å²) in [6, 6.07) is 0.388. The number of hydrogen-bond acceptors (Lipinski definition) is 2. The van der Waals surface area contributed by atoms with Crippen LogP contribution in [-0.4, -0.2) is 18.2 Å². The number of hydrogen-bond donors (Lipinski definition) is 1. The SMILES string of the molecule is CC1CC(OC2CCC(N)C2)CC(C)(C)C1. The summed E-state index contributed by atoms with van der Waals surface area (Å²) in [6.45, 7) is 7.11. The minimum atomic E-state index is 0.388. The topological polar surface area (TPSA) is 35.2 Å². The molecule has 0 saturated heterocycles. The highest BCUT2D eigenvalue weighted by Gasteiger charge is 2.34. The maximum Gasteiger partial charge on any atom is 0.0594 e. The Morgan fingerprint density at radius 1 is 1.06 bits per heavy atom. The molecule has 0 aromatic rings. The van der Waals surface area contributed by atoms with E-state index in [9.17, 15) is 0 Å². The molecule has 0 amide bonds. The van der Waals surface area contributed by atoms with Gasteiger partial charge in [-0.3, -0.25) is 0 Å². The molecule has 0 aliphatic heterocycles. The molecule has 0 aromatic heterocycles. The summed E-state index contributed by atoms with van der Waals surface area (Å²) >= 11 is 0. The van der Waals surface area contributed by atoms with Crippen LogP contribution in [0, 0.1) is 11.3 Å². The molecule has 4 atom stereocenters. The first-order chi connectivity index (χ1) is 7.44. The fraction of sp³-hybridized carbons (Fsp3) is 1.00. The quantitative estimate of drug-likeness (QED) is 0.783. The van der Waals surface area contributed by atoms with Gasteiger partial charge in [-0.2, -0.15) is 0 Å². The van der Waals surface area contributed by atoms with Crippen molar-refractivity contribution in [3.8, 4) is 0 Å². The Hall–Kier alpha value is -0.0800. The first-order valence-electron chi connectivity index (χ1n) is 6.86. The molecule has 2 rings (SSSR count). The third kappa shape index (κ3) is 3.21. The van der Waals surface area contributed by atoms with E-state index in [1.807, 2.05) is 0 Å². The number of ether oxygens (including phenoxy) is 1. The Balaban J connectivity index is 1.85. The number of nitrogens with two attached hydrogens (primary N) is 1. The first-order valence-corrected chi connectivity index (χ1v) is 6.86. The molecule has 2 fully saturated rings. The highest BCUT2D eigenvalue weighted by atomic mass is 16.5. The van der Waals surface area contributed by atoms with E-state index < -0.39 is 0 Å². The van der Waals surface area contributed by atoms with E-state index in [1.54, 1.807) is 0 Å². The van der Waals surface area contributed by atoms with Gasteiger partial charge in [-0.1, -0.05) is 20.8 Å². The van der Waals surface area contributed by atoms with Crippen LogP contribution in [-0.2, 0) is 4.74 Å². The summed E-state index contributed by atoms with van der Waals surface area (Å²) in [4.78, 5) is 0. The third-order valence-electron chi connectivity index (χ3n) is 4.16. The molecular formula is C14H27NO. The summed E-state index contributed by atoms with van der Waals surface area (Å²) in [5.74, 6) is 0.809. The lowest BCUT2D eigenvalue weighted by molar-refractivity contribution is -0.0626.